The van der Waals surface area contributed by atoms with Crippen LogP contribution in [0, 0.1) is 0 Å². The molecule has 0 bridgehead atoms. The topological polar surface area (TPSA) is 18.5 Å². The fourth-order valence-electron chi connectivity index (χ4n) is 1.18. The Morgan fingerprint density at radius 2 is 1.85 bits per heavy atom. The average Bonchev–Trinajstić information content (AvgIpc) is 2.22. The van der Waals surface area contributed by atoms with Gasteiger partial charge in [0.15, 0.2) is 11.5 Å². The summed E-state index contributed by atoms with van der Waals surface area (Å²) in [7, 11) is 0. The molecule has 1 rings (SSSR count). The molecule has 0 saturated heterocycles. The first kappa shape index (κ1) is 9.90. The molecule has 0 fully saturated rings. The Kier molecular flexibility index (Phi) is 2.81. The molecule has 0 unspecified atom stereocenters. The van der Waals surface area contributed by atoms with E-state index in [1.54, 1.807) is 12.2 Å². The monoisotopic (exact) mass is 180 g/mol. The molecule has 2 nitrogen and oxygen atoms in total. The predicted molar refractivity (Wildman–Crippen MR) is 53.2 cm³/mol. The van der Waals surface area contributed by atoms with E-state index < -0.39 is 0 Å². The van der Waals surface area contributed by atoms with E-state index in [0.717, 1.165) is 6.42 Å². The molecule has 2 heteroatoms. The molecular weight excluding hydrogens is 164 g/mol. The maximum Gasteiger partial charge on any atom is 0.161 e. The lowest BCUT2D eigenvalue weighted by molar-refractivity contribution is 0.0362. The summed E-state index contributed by atoms with van der Waals surface area (Å²) in [5, 5.41) is 0. The summed E-state index contributed by atoms with van der Waals surface area (Å²) in [6, 6.07) is 0. The first-order valence-corrected chi connectivity index (χ1v) is 4.40. The highest BCUT2D eigenvalue weighted by Crippen LogP contribution is 2.26. The van der Waals surface area contributed by atoms with E-state index in [9.17, 15) is 0 Å². The lowest BCUT2D eigenvalue weighted by Crippen LogP contribution is -2.23. The van der Waals surface area contributed by atoms with E-state index in [-0.39, 0.29) is 5.60 Å². The van der Waals surface area contributed by atoms with Gasteiger partial charge in [0, 0.05) is 6.42 Å². The van der Waals surface area contributed by atoms with Crippen LogP contribution in [-0.2, 0) is 9.47 Å². The van der Waals surface area contributed by atoms with Crippen LogP contribution in [0.25, 0.3) is 0 Å². The van der Waals surface area contributed by atoms with Crippen molar-refractivity contribution < 1.29 is 9.47 Å². The number of hydrogen-bond acceptors (Lipinski definition) is 2. The normalized spacial score (nSPS) is 21.1. The van der Waals surface area contributed by atoms with Gasteiger partial charge in [0.25, 0.3) is 0 Å². The minimum absolute atomic E-state index is 0.186. The number of ether oxygens (including phenoxy) is 2. The molecule has 0 aromatic carbocycles. The molecule has 0 aromatic rings. The van der Waals surface area contributed by atoms with Crippen molar-refractivity contribution in [3.8, 4) is 0 Å². The quantitative estimate of drug-likeness (QED) is 0.650. The van der Waals surface area contributed by atoms with Gasteiger partial charge in [-0.25, -0.2) is 0 Å². The molecule has 0 aliphatic carbocycles. The van der Waals surface area contributed by atoms with Crippen LogP contribution in [0.3, 0.4) is 0 Å². The third kappa shape index (κ3) is 2.38. The molecule has 1 aliphatic rings. The molecule has 13 heavy (non-hydrogen) atoms. The van der Waals surface area contributed by atoms with Gasteiger partial charge in [0.05, 0.1) is 6.61 Å². The van der Waals surface area contributed by atoms with E-state index in [2.05, 4.69) is 13.2 Å². The van der Waals surface area contributed by atoms with Crippen LogP contribution in [0.1, 0.15) is 20.3 Å². The SMILES string of the molecule is C=CC1=C(C=C)OC(C)(C)CCO1. The maximum absolute atomic E-state index is 5.72. The molecule has 1 heterocycles. The second kappa shape index (κ2) is 3.69. The minimum atomic E-state index is -0.186. The molecule has 0 radical (unpaired) electrons. The smallest absolute Gasteiger partial charge is 0.161 e. The van der Waals surface area contributed by atoms with Crippen LogP contribution < -0.4 is 0 Å². The zero-order valence-corrected chi connectivity index (χ0v) is 8.30. The fourth-order valence-corrected chi connectivity index (χ4v) is 1.18. The molecule has 0 aromatic heterocycles. The van der Waals surface area contributed by atoms with E-state index >= 15 is 0 Å². The Balaban J connectivity index is 2.94. The van der Waals surface area contributed by atoms with Crippen molar-refractivity contribution in [3.05, 3.63) is 36.8 Å². The van der Waals surface area contributed by atoms with Gasteiger partial charge in [0.2, 0.25) is 0 Å². The van der Waals surface area contributed by atoms with Gasteiger partial charge in [-0.05, 0) is 26.0 Å². The highest BCUT2D eigenvalue weighted by molar-refractivity contribution is 5.23. The van der Waals surface area contributed by atoms with Crippen LogP contribution in [0.4, 0.5) is 0 Å². The average molecular weight is 180 g/mol. The first-order chi connectivity index (χ1) is 6.09. The Morgan fingerprint density at radius 1 is 1.23 bits per heavy atom. The summed E-state index contributed by atoms with van der Waals surface area (Å²) in [6.45, 7) is 12.1. The van der Waals surface area contributed by atoms with E-state index in [1.165, 1.54) is 0 Å². The van der Waals surface area contributed by atoms with Crippen LogP contribution in [0.5, 0.6) is 0 Å². The largest absolute Gasteiger partial charge is 0.490 e. The standard InChI is InChI=1S/C11H16O2/c1-5-9-10(6-2)13-11(3,4)7-8-12-9/h5-6H,1-2,7-8H2,3-4H3. The Bertz CT molecular complexity index is 249. The van der Waals surface area contributed by atoms with Crippen LogP contribution in [0.15, 0.2) is 36.8 Å². The molecule has 0 amide bonds. The molecule has 72 valence electrons. The summed E-state index contributed by atoms with van der Waals surface area (Å²) in [4.78, 5) is 0. The van der Waals surface area contributed by atoms with E-state index in [0.29, 0.717) is 18.1 Å². The Hall–Kier alpha value is -1.18. The summed E-state index contributed by atoms with van der Waals surface area (Å²) in [5.74, 6) is 1.36. The van der Waals surface area contributed by atoms with Crippen molar-refractivity contribution in [2.45, 2.75) is 25.9 Å². The third-order valence-electron chi connectivity index (χ3n) is 1.96. The van der Waals surface area contributed by atoms with E-state index in [1.807, 2.05) is 13.8 Å². The third-order valence-corrected chi connectivity index (χ3v) is 1.96. The predicted octanol–water partition coefficient (Wildman–Crippen LogP) is 2.79. The molecule has 0 N–H and O–H groups in total. The van der Waals surface area contributed by atoms with Gasteiger partial charge in [-0.15, -0.1) is 0 Å². The summed E-state index contributed by atoms with van der Waals surface area (Å²) < 4.78 is 11.2. The van der Waals surface area contributed by atoms with Gasteiger partial charge in [-0.3, -0.25) is 0 Å². The number of allylic oxidation sites excluding steroid dienone is 2. The van der Waals surface area contributed by atoms with Gasteiger partial charge in [0.1, 0.15) is 5.60 Å². The molecule has 0 spiro atoms. The van der Waals surface area contributed by atoms with Gasteiger partial charge in [-0.2, -0.15) is 0 Å². The highest BCUT2D eigenvalue weighted by Gasteiger charge is 2.24. The van der Waals surface area contributed by atoms with Crippen molar-refractivity contribution in [1.82, 2.24) is 0 Å². The zero-order chi connectivity index (χ0) is 9.90. The molecule has 0 saturated carbocycles. The first-order valence-electron chi connectivity index (χ1n) is 4.40. The van der Waals surface area contributed by atoms with Gasteiger partial charge < -0.3 is 9.47 Å². The van der Waals surface area contributed by atoms with Crippen molar-refractivity contribution in [3.63, 3.8) is 0 Å². The highest BCUT2D eigenvalue weighted by atomic mass is 16.5. The minimum Gasteiger partial charge on any atom is -0.490 e. The van der Waals surface area contributed by atoms with Gasteiger partial charge >= 0.3 is 0 Å². The maximum atomic E-state index is 5.72. The Labute approximate surface area is 79.5 Å². The number of hydrogen-bond donors (Lipinski definition) is 0. The van der Waals surface area contributed by atoms with Crippen molar-refractivity contribution >= 4 is 0 Å². The number of rotatable bonds is 2. The summed E-state index contributed by atoms with van der Waals surface area (Å²) in [6.07, 6.45) is 4.17. The molecular formula is C11H16O2. The lowest BCUT2D eigenvalue weighted by Gasteiger charge is -2.23. The zero-order valence-electron chi connectivity index (χ0n) is 8.30. The van der Waals surface area contributed by atoms with E-state index in [4.69, 9.17) is 9.47 Å². The van der Waals surface area contributed by atoms with Crippen LogP contribution >= 0.6 is 0 Å². The Morgan fingerprint density at radius 3 is 2.38 bits per heavy atom. The van der Waals surface area contributed by atoms with Crippen LogP contribution in [-0.4, -0.2) is 12.2 Å². The lowest BCUT2D eigenvalue weighted by atomic mass is 10.1. The van der Waals surface area contributed by atoms with Crippen LogP contribution in [0.2, 0.25) is 0 Å². The summed E-state index contributed by atoms with van der Waals surface area (Å²) in [5.41, 5.74) is -0.186. The molecule has 0 atom stereocenters. The van der Waals surface area contributed by atoms with Crippen molar-refractivity contribution in [1.29, 1.82) is 0 Å². The van der Waals surface area contributed by atoms with Gasteiger partial charge in [-0.1, -0.05) is 13.2 Å². The van der Waals surface area contributed by atoms with Crippen molar-refractivity contribution in [2.75, 3.05) is 6.61 Å². The van der Waals surface area contributed by atoms with Crippen molar-refractivity contribution in [2.24, 2.45) is 0 Å². The second-order valence-corrected chi connectivity index (χ2v) is 3.60. The fraction of sp³-hybridized carbons (Fsp3) is 0.455. The summed E-state index contributed by atoms with van der Waals surface area (Å²) >= 11 is 0. The second-order valence-electron chi connectivity index (χ2n) is 3.60. The molecule has 1 aliphatic heterocycles.